The summed E-state index contributed by atoms with van der Waals surface area (Å²) in [6.07, 6.45) is 5.16. The first-order valence-electron chi connectivity index (χ1n) is 6.07. The first-order chi connectivity index (χ1) is 6.94. The molecule has 0 aliphatic heterocycles. The molecule has 1 aliphatic rings. The van der Waals surface area contributed by atoms with Crippen LogP contribution < -0.4 is 5.73 Å². The second kappa shape index (κ2) is 5.28. The van der Waals surface area contributed by atoms with E-state index in [9.17, 15) is 5.11 Å². The highest BCUT2D eigenvalue weighted by Gasteiger charge is 2.27. The molecule has 3 nitrogen and oxygen atoms in total. The zero-order valence-corrected chi connectivity index (χ0v) is 10.4. The average molecular weight is 214 g/mol. The predicted molar refractivity (Wildman–Crippen MR) is 63.7 cm³/mol. The van der Waals surface area contributed by atoms with Crippen molar-refractivity contribution >= 4 is 0 Å². The lowest BCUT2D eigenvalue weighted by Crippen LogP contribution is -2.48. The summed E-state index contributed by atoms with van der Waals surface area (Å²) in [7, 11) is 2.10. The van der Waals surface area contributed by atoms with Crippen molar-refractivity contribution in [1.29, 1.82) is 0 Å². The van der Waals surface area contributed by atoms with E-state index in [4.69, 9.17) is 5.73 Å². The third kappa shape index (κ3) is 4.09. The van der Waals surface area contributed by atoms with Gasteiger partial charge in [0.15, 0.2) is 0 Å². The van der Waals surface area contributed by atoms with Gasteiger partial charge in [-0.3, -0.25) is 0 Å². The maximum absolute atomic E-state index is 9.91. The Balaban J connectivity index is 2.37. The van der Waals surface area contributed by atoms with Gasteiger partial charge in [0.2, 0.25) is 0 Å². The summed E-state index contributed by atoms with van der Waals surface area (Å²) in [5, 5.41) is 9.91. The van der Waals surface area contributed by atoms with E-state index < -0.39 is 5.60 Å². The standard InChI is InChI=1S/C12H26N2O/c1-10-4-6-11(7-5-10)14(3)9-12(2,15)8-13/h10-11,15H,4-9,13H2,1-3H3. The van der Waals surface area contributed by atoms with Crippen molar-refractivity contribution in [3.63, 3.8) is 0 Å². The van der Waals surface area contributed by atoms with Crippen molar-refractivity contribution < 1.29 is 5.11 Å². The molecule has 15 heavy (non-hydrogen) atoms. The lowest BCUT2D eigenvalue weighted by atomic mass is 9.86. The molecule has 0 saturated heterocycles. The summed E-state index contributed by atoms with van der Waals surface area (Å²) in [5.74, 6) is 0.879. The fourth-order valence-corrected chi connectivity index (χ4v) is 2.41. The molecule has 1 unspecified atom stereocenters. The summed E-state index contributed by atoms with van der Waals surface area (Å²) in [6.45, 7) is 5.16. The van der Waals surface area contributed by atoms with Gasteiger partial charge in [-0.1, -0.05) is 6.92 Å². The van der Waals surface area contributed by atoms with Crippen LogP contribution in [0.4, 0.5) is 0 Å². The Bertz CT molecular complexity index is 186. The molecule has 0 aromatic heterocycles. The van der Waals surface area contributed by atoms with Crippen LogP contribution in [0.25, 0.3) is 0 Å². The van der Waals surface area contributed by atoms with Crippen LogP contribution >= 0.6 is 0 Å². The van der Waals surface area contributed by atoms with Crippen LogP contribution in [0.5, 0.6) is 0 Å². The van der Waals surface area contributed by atoms with Crippen LogP contribution in [0.3, 0.4) is 0 Å². The molecule has 0 heterocycles. The molecule has 3 N–H and O–H groups in total. The molecule has 3 heteroatoms. The maximum Gasteiger partial charge on any atom is 0.0867 e. The molecule has 0 aromatic carbocycles. The molecule has 0 amide bonds. The number of hydrogen-bond donors (Lipinski definition) is 2. The molecular formula is C12H26N2O. The Morgan fingerprint density at radius 3 is 2.33 bits per heavy atom. The Hall–Kier alpha value is -0.120. The predicted octanol–water partition coefficient (Wildman–Crippen LogP) is 1.21. The second-order valence-corrected chi connectivity index (χ2v) is 5.53. The van der Waals surface area contributed by atoms with E-state index in [0.717, 1.165) is 5.92 Å². The van der Waals surface area contributed by atoms with Gasteiger partial charge in [-0.25, -0.2) is 0 Å². The van der Waals surface area contributed by atoms with E-state index in [1.165, 1.54) is 25.7 Å². The van der Waals surface area contributed by atoms with E-state index in [0.29, 0.717) is 19.1 Å². The van der Waals surface area contributed by atoms with E-state index in [1.807, 2.05) is 6.92 Å². The molecule has 0 spiro atoms. The topological polar surface area (TPSA) is 49.5 Å². The zero-order chi connectivity index (χ0) is 11.5. The third-order valence-corrected chi connectivity index (χ3v) is 3.64. The SMILES string of the molecule is CC1CCC(N(C)CC(C)(O)CN)CC1. The second-order valence-electron chi connectivity index (χ2n) is 5.53. The van der Waals surface area contributed by atoms with Crippen LogP contribution in [-0.4, -0.2) is 41.8 Å². The third-order valence-electron chi connectivity index (χ3n) is 3.64. The highest BCUT2D eigenvalue weighted by molar-refractivity contribution is 4.83. The summed E-state index contributed by atoms with van der Waals surface area (Å²) in [5.41, 5.74) is 4.79. The molecule has 1 atom stereocenters. The van der Waals surface area contributed by atoms with Gasteiger partial charge in [0.1, 0.15) is 0 Å². The molecule has 0 radical (unpaired) electrons. The highest BCUT2D eigenvalue weighted by atomic mass is 16.3. The van der Waals surface area contributed by atoms with Crippen molar-refractivity contribution in [2.45, 2.75) is 51.2 Å². The minimum atomic E-state index is -0.738. The summed E-state index contributed by atoms with van der Waals surface area (Å²) in [4.78, 5) is 2.28. The van der Waals surface area contributed by atoms with Crippen LogP contribution in [-0.2, 0) is 0 Å². The van der Waals surface area contributed by atoms with E-state index in [1.54, 1.807) is 0 Å². The monoisotopic (exact) mass is 214 g/mol. The van der Waals surface area contributed by atoms with Crippen LogP contribution in [0.1, 0.15) is 39.5 Å². The van der Waals surface area contributed by atoms with Gasteiger partial charge in [0, 0.05) is 19.1 Å². The highest BCUT2D eigenvalue weighted by Crippen LogP contribution is 2.26. The molecule has 1 saturated carbocycles. The number of nitrogens with zero attached hydrogens (tertiary/aromatic N) is 1. The van der Waals surface area contributed by atoms with Crippen LogP contribution in [0.15, 0.2) is 0 Å². The molecule has 0 bridgehead atoms. The van der Waals surface area contributed by atoms with E-state index >= 15 is 0 Å². The number of nitrogens with two attached hydrogens (primary N) is 1. The van der Waals surface area contributed by atoms with Crippen molar-refractivity contribution in [3.8, 4) is 0 Å². The number of rotatable bonds is 4. The summed E-state index contributed by atoms with van der Waals surface area (Å²) in [6, 6.07) is 0.638. The number of aliphatic hydroxyl groups is 1. The van der Waals surface area contributed by atoms with Gasteiger partial charge >= 0.3 is 0 Å². The first kappa shape index (κ1) is 12.9. The lowest BCUT2D eigenvalue weighted by molar-refractivity contribution is 0.0153. The zero-order valence-electron chi connectivity index (χ0n) is 10.4. The Morgan fingerprint density at radius 1 is 1.33 bits per heavy atom. The van der Waals surface area contributed by atoms with Crippen molar-refractivity contribution in [3.05, 3.63) is 0 Å². The number of hydrogen-bond acceptors (Lipinski definition) is 3. The lowest BCUT2D eigenvalue weighted by Gasteiger charge is -2.37. The molecule has 1 aliphatic carbocycles. The Kier molecular flexibility index (Phi) is 4.56. The van der Waals surface area contributed by atoms with Gasteiger partial charge in [-0.2, -0.15) is 0 Å². The smallest absolute Gasteiger partial charge is 0.0867 e. The molecular weight excluding hydrogens is 188 g/mol. The Labute approximate surface area is 93.6 Å². The van der Waals surface area contributed by atoms with E-state index in [-0.39, 0.29) is 0 Å². The van der Waals surface area contributed by atoms with Gasteiger partial charge in [-0.05, 0) is 45.6 Å². The van der Waals surface area contributed by atoms with Crippen molar-refractivity contribution in [2.75, 3.05) is 20.1 Å². The Morgan fingerprint density at radius 2 is 1.87 bits per heavy atom. The van der Waals surface area contributed by atoms with Gasteiger partial charge in [0.05, 0.1) is 5.60 Å². The van der Waals surface area contributed by atoms with Crippen LogP contribution in [0.2, 0.25) is 0 Å². The van der Waals surface area contributed by atoms with Gasteiger partial charge in [-0.15, -0.1) is 0 Å². The maximum atomic E-state index is 9.91. The summed E-state index contributed by atoms with van der Waals surface area (Å²) < 4.78 is 0. The fourth-order valence-electron chi connectivity index (χ4n) is 2.41. The minimum absolute atomic E-state index is 0.334. The molecule has 0 aromatic rings. The molecule has 90 valence electrons. The van der Waals surface area contributed by atoms with Gasteiger partial charge < -0.3 is 15.7 Å². The fraction of sp³-hybridized carbons (Fsp3) is 1.00. The van der Waals surface area contributed by atoms with E-state index in [2.05, 4.69) is 18.9 Å². The summed E-state index contributed by atoms with van der Waals surface area (Å²) >= 11 is 0. The van der Waals surface area contributed by atoms with Crippen molar-refractivity contribution in [1.82, 2.24) is 4.90 Å². The normalized spacial score (nSPS) is 31.6. The molecule has 1 rings (SSSR count). The molecule has 1 fully saturated rings. The van der Waals surface area contributed by atoms with Crippen LogP contribution in [0, 0.1) is 5.92 Å². The quantitative estimate of drug-likeness (QED) is 0.739. The average Bonchev–Trinajstić information content (AvgIpc) is 2.18. The minimum Gasteiger partial charge on any atom is -0.388 e. The van der Waals surface area contributed by atoms with Gasteiger partial charge in [0.25, 0.3) is 0 Å². The largest absolute Gasteiger partial charge is 0.388 e. The van der Waals surface area contributed by atoms with Crippen molar-refractivity contribution in [2.24, 2.45) is 11.7 Å². The number of likely N-dealkylation sites (N-methyl/N-ethyl adjacent to an activating group) is 1. The first-order valence-corrected chi connectivity index (χ1v) is 6.07.